The molecule has 1 atom stereocenters. The smallest absolute Gasteiger partial charge is 0.316 e. The number of hydrogen-bond donors (Lipinski definition) is 1. The number of nitrogens with zero attached hydrogens (tertiary/aromatic N) is 1. The Balaban J connectivity index is 2.30. The second kappa shape index (κ2) is 8.87. The van der Waals surface area contributed by atoms with Crippen molar-refractivity contribution in [2.75, 3.05) is 4.90 Å². The van der Waals surface area contributed by atoms with Crippen LogP contribution in [0.3, 0.4) is 0 Å². The molecule has 0 saturated carbocycles. The number of rotatable bonds is 8. The minimum Gasteiger partial charge on any atom is -0.481 e. The van der Waals surface area contributed by atoms with Crippen molar-refractivity contribution in [3.05, 3.63) is 66.2 Å². The molecule has 0 spiro atoms. The molecule has 126 valence electrons. The van der Waals surface area contributed by atoms with Crippen LogP contribution in [0.1, 0.15) is 31.7 Å². The van der Waals surface area contributed by atoms with Gasteiger partial charge in [-0.3, -0.25) is 9.59 Å². The van der Waals surface area contributed by atoms with Gasteiger partial charge in [0.2, 0.25) is 5.91 Å². The normalized spacial score (nSPS) is 11.7. The number of aliphatic carboxylic acids is 1. The molecule has 1 amide bonds. The average Bonchev–Trinajstić information content (AvgIpc) is 2.61. The molecule has 1 N–H and O–H groups in total. The highest BCUT2D eigenvalue weighted by atomic mass is 16.4. The predicted octanol–water partition coefficient (Wildman–Crippen LogP) is 4.11. The molecule has 0 saturated heterocycles. The highest BCUT2D eigenvalue weighted by Gasteiger charge is 2.30. The van der Waals surface area contributed by atoms with E-state index < -0.39 is 11.9 Å². The fourth-order valence-electron chi connectivity index (χ4n) is 2.62. The van der Waals surface area contributed by atoms with Crippen LogP contribution in [0.4, 0.5) is 5.69 Å². The van der Waals surface area contributed by atoms with Crippen LogP contribution in [0, 0.1) is 5.92 Å². The van der Waals surface area contributed by atoms with Crippen molar-refractivity contribution in [2.45, 2.75) is 32.7 Å². The van der Waals surface area contributed by atoms with E-state index in [9.17, 15) is 14.7 Å². The minimum atomic E-state index is -1.05. The van der Waals surface area contributed by atoms with Crippen molar-refractivity contribution < 1.29 is 14.7 Å². The molecule has 2 aromatic carbocycles. The molecule has 0 aromatic heterocycles. The predicted molar refractivity (Wildman–Crippen MR) is 94.7 cm³/mol. The van der Waals surface area contributed by atoms with Gasteiger partial charge in [-0.25, -0.2) is 0 Å². The van der Waals surface area contributed by atoms with Crippen LogP contribution in [0.5, 0.6) is 0 Å². The summed E-state index contributed by atoms with van der Waals surface area (Å²) in [7, 11) is 0. The Kier molecular flexibility index (Phi) is 6.55. The Morgan fingerprint density at radius 2 is 1.58 bits per heavy atom. The summed E-state index contributed by atoms with van der Waals surface area (Å²) >= 11 is 0. The standard InChI is InChI=1S/C20H23NO3/c1-2-3-14-18(20(23)24)19(22)21(17-12-8-5-9-13-17)15-16-10-6-4-7-11-16/h4-13,18H,2-3,14-15H2,1H3,(H,23,24)/t18-/m0/s1. The highest BCUT2D eigenvalue weighted by molar-refractivity contribution is 6.05. The lowest BCUT2D eigenvalue weighted by atomic mass is 10.00. The zero-order valence-corrected chi connectivity index (χ0v) is 13.9. The van der Waals surface area contributed by atoms with E-state index in [2.05, 4.69) is 0 Å². The Labute approximate surface area is 142 Å². The summed E-state index contributed by atoms with van der Waals surface area (Å²) in [4.78, 5) is 26.1. The lowest BCUT2D eigenvalue weighted by molar-refractivity contribution is -0.146. The fourth-order valence-corrected chi connectivity index (χ4v) is 2.62. The topological polar surface area (TPSA) is 57.6 Å². The van der Waals surface area contributed by atoms with Crippen LogP contribution in [-0.4, -0.2) is 17.0 Å². The molecule has 4 nitrogen and oxygen atoms in total. The molecule has 0 heterocycles. The first kappa shape index (κ1) is 17.7. The fraction of sp³-hybridized carbons (Fsp3) is 0.300. The summed E-state index contributed by atoms with van der Waals surface area (Å²) in [6.45, 7) is 2.35. The van der Waals surface area contributed by atoms with Crippen molar-refractivity contribution in [1.82, 2.24) is 0 Å². The molecule has 24 heavy (non-hydrogen) atoms. The summed E-state index contributed by atoms with van der Waals surface area (Å²) in [6, 6.07) is 18.9. The van der Waals surface area contributed by atoms with E-state index in [1.54, 1.807) is 4.90 Å². The number of carbonyl (C=O) groups excluding carboxylic acids is 1. The molecule has 2 rings (SSSR count). The van der Waals surface area contributed by atoms with Crippen molar-refractivity contribution >= 4 is 17.6 Å². The molecule has 4 heteroatoms. The summed E-state index contributed by atoms with van der Waals surface area (Å²) in [5, 5.41) is 9.48. The van der Waals surface area contributed by atoms with Crippen LogP contribution >= 0.6 is 0 Å². The van der Waals surface area contributed by atoms with Gasteiger partial charge in [-0.05, 0) is 24.1 Å². The second-order valence-electron chi connectivity index (χ2n) is 5.78. The number of anilines is 1. The monoisotopic (exact) mass is 325 g/mol. The van der Waals surface area contributed by atoms with E-state index in [4.69, 9.17) is 0 Å². The number of carbonyl (C=O) groups is 2. The SMILES string of the molecule is CCCC[C@H](C(=O)O)C(=O)N(Cc1ccccc1)c1ccccc1. The Morgan fingerprint density at radius 3 is 2.12 bits per heavy atom. The number of carboxylic acid groups (broad SMARTS) is 1. The van der Waals surface area contributed by atoms with Gasteiger partial charge < -0.3 is 10.0 Å². The molecule has 0 radical (unpaired) electrons. The molecule has 0 aliphatic carbocycles. The van der Waals surface area contributed by atoms with Gasteiger partial charge in [-0.15, -0.1) is 0 Å². The highest BCUT2D eigenvalue weighted by Crippen LogP contribution is 2.22. The van der Waals surface area contributed by atoms with Gasteiger partial charge in [0.1, 0.15) is 5.92 Å². The quantitative estimate of drug-likeness (QED) is 0.743. The van der Waals surface area contributed by atoms with Gasteiger partial charge in [0.25, 0.3) is 0 Å². The summed E-state index contributed by atoms with van der Waals surface area (Å²) in [5.74, 6) is -2.41. The van der Waals surface area contributed by atoms with Crippen molar-refractivity contribution in [3.63, 3.8) is 0 Å². The third kappa shape index (κ3) is 4.69. The van der Waals surface area contributed by atoms with E-state index >= 15 is 0 Å². The number of amides is 1. The molecule has 0 aliphatic rings. The summed E-state index contributed by atoms with van der Waals surface area (Å²) in [5.41, 5.74) is 1.68. The number of unbranched alkanes of at least 4 members (excludes halogenated alkanes) is 1. The maximum Gasteiger partial charge on any atom is 0.316 e. The van der Waals surface area contributed by atoms with Crippen LogP contribution in [-0.2, 0) is 16.1 Å². The van der Waals surface area contributed by atoms with Crippen LogP contribution in [0.15, 0.2) is 60.7 Å². The first-order valence-electron chi connectivity index (χ1n) is 8.26. The third-order valence-electron chi connectivity index (χ3n) is 3.96. The molecule has 0 bridgehead atoms. The van der Waals surface area contributed by atoms with Gasteiger partial charge in [0.15, 0.2) is 0 Å². The lowest BCUT2D eigenvalue weighted by Crippen LogP contribution is -2.39. The van der Waals surface area contributed by atoms with Gasteiger partial charge in [-0.1, -0.05) is 68.3 Å². The number of benzene rings is 2. The van der Waals surface area contributed by atoms with Gasteiger partial charge in [0, 0.05) is 5.69 Å². The molecule has 0 aliphatic heterocycles. The van der Waals surface area contributed by atoms with E-state index in [1.165, 1.54) is 0 Å². The molecular formula is C20H23NO3. The third-order valence-corrected chi connectivity index (χ3v) is 3.96. The second-order valence-corrected chi connectivity index (χ2v) is 5.78. The summed E-state index contributed by atoms with van der Waals surface area (Å²) in [6.07, 6.45) is 1.94. The van der Waals surface area contributed by atoms with Crippen molar-refractivity contribution in [1.29, 1.82) is 0 Å². The van der Waals surface area contributed by atoms with E-state index in [0.717, 1.165) is 18.4 Å². The summed E-state index contributed by atoms with van der Waals surface area (Å²) < 4.78 is 0. The largest absolute Gasteiger partial charge is 0.481 e. The molecule has 0 unspecified atom stereocenters. The van der Waals surface area contributed by atoms with Gasteiger partial charge >= 0.3 is 5.97 Å². The maximum absolute atomic E-state index is 12.9. The van der Waals surface area contributed by atoms with Gasteiger partial charge in [-0.2, -0.15) is 0 Å². The maximum atomic E-state index is 12.9. The zero-order valence-electron chi connectivity index (χ0n) is 13.9. The van der Waals surface area contributed by atoms with Crippen molar-refractivity contribution in [2.24, 2.45) is 5.92 Å². The number of hydrogen-bond acceptors (Lipinski definition) is 2. The van der Waals surface area contributed by atoms with Crippen molar-refractivity contribution in [3.8, 4) is 0 Å². The number of para-hydroxylation sites is 1. The lowest BCUT2D eigenvalue weighted by Gasteiger charge is -2.26. The Bertz CT molecular complexity index is 655. The van der Waals surface area contributed by atoms with Crippen LogP contribution in [0.2, 0.25) is 0 Å². The Morgan fingerprint density at radius 1 is 1.00 bits per heavy atom. The number of carboxylic acids is 1. The van der Waals surface area contributed by atoms with Gasteiger partial charge in [0.05, 0.1) is 6.54 Å². The zero-order chi connectivity index (χ0) is 17.4. The first-order chi connectivity index (χ1) is 11.6. The molecular weight excluding hydrogens is 302 g/mol. The van der Waals surface area contributed by atoms with E-state index in [1.807, 2.05) is 67.6 Å². The molecule has 2 aromatic rings. The van der Waals surface area contributed by atoms with Crippen LogP contribution < -0.4 is 4.90 Å². The first-order valence-corrected chi connectivity index (χ1v) is 8.26. The van der Waals surface area contributed by atoms with Crippen LogP contribution in [0.25, 0.3) is 0 Å². The van der Waals surface area contributed by atoms with E-state index in [0.29, 0.717) is 18.7 Å². The minimum absolute atomic E-state index is 0.356. The Hall–Kier alpha value is -2.62. The van der Waals surface area contributed by atoms with E-state index in [-0.39, 0.29) is 5.91 Å². The average molecular weight is 325 g/mol. The molecule has 0 fully saturated rings.